The number of amides is 1. The Morgan fingerprint density at radius 1 is 1.33 bits per heavy atom. The standard InChI is InChI=1S/C18H16N4O3S2/c1-3-9-22-15(23)13(10-11-5-7-12(8-6-11)16(24)25)26-18(22)19-17-21-20-14(4-2)27-17/h3,5-8,10H,1,4,9H2,2H3,(H,24,25). The summed E-state index contributed by atoms with van der Waals surface area (Å²) in [6.07, 6.45) is 4.13. The first-order valence-electron chi connectivity index (χ1n) is 8.08. The number of amidine groups is 1. The van der Waals surface area contributed by atoms with Crippen LogP contribution in [0.4, 0.5) is 5.13 Å². The van der Waals surface area contributed by atoms with Crippen molar-refractivity contribution < 1.29 is 14.7 Å². The van der Waals surface area contributed by atoms with Crippen molar-refractivity contribution in [3.05, 3.63) is 58.0 Å². The molecule has 1 aromatic carbocycles. The van der Waals surface area contributed by atoms with Crippen LogP contribution in [-0.4, -0.2) is 43.8 Å². The first kappa shape index (κ1) is 19.0. The molecule has 1 aliphatic rings. The molecule has 0 radical (unpaired) electrons. The van der Waals surface area contributed by atoms with Gasteiger partial charge in [0.1, 0.15) is 5.01 Å². The molecule has 0 bridgehead atoms. The molecule has 27 heavy (non-hydrogen) atoms. The summed E-state index contributed by atoms with van der Waals surface area (Å²) in [6.45, 7) is 6.02. The van der Waals surface area contributed by atoms with Crippen LogP contribution in [0.15, 0.2) is 46.8 Å². The van der Waals surface area contributed by atoms with E-state index in [1.165, 1.54) is 40.1 Å². The summed E-state index contributed by atoms with van der Waals surface area (Å²) in [5.41, 5.74) is 0.931. The molecule has 0 unspecified atom stereocenters. The number of aromatic nitrogens is 2. The molecule has 9 heteroatoms. The van der Waals surface area contributed by atoms with E-state index < -0.39 is 5.97 Å². The molecule has 0 spiro atoms. The van der Waals surface area contributed by atoms with Crippen molar-refractivity contribution in [1.29, 1.82) is 0 Å². The summed E-state index contributed by atoms with van der Waals surface area (Å²) in [5.74, 6) is -1.17. The molecular weight excluding hydrogens is 384 g/mol. The van der Waals surface area contributed by atoms with Crippen LogP contribution in [0.5, 0.6) is 0 Å². The second-order valence-electron chi connectivity index (χ2n) is 5.47. The number of aryl methyl sites for hydroxylation is 1. The zero-order valence-electron chi connectivity index (χ0n) is 14.5. The van der Waals surface area contributed by atoms with Gasteiger partial charge >= 0.3 is 5.97 Å². The Balaban J connectivity index is 1.89. The van der Waals surface area contributed by atoms with Crippen LogP contribution < -0.4 is 0 Å². The van der Waals surface area contributed by atoms with Crippen molar-refractivity contribution in [2.24, 2.45) is 4.99 Å². The lowest BCUT2D eigenvalue weighted by atomic mass is 10.1. The number of carboxylic acids is 1. The molecule has 1 aromatic heterocycles. The summed E-state index contributed by atoms with van der Waals surface area (Å²) >= 11 is 2.63. The number of aromatic carboxylic acids is 1. The summed E-state index contributed by atoms with van der Waals surface area (Å²) in [6, 6.07) is 6.33. The second kappa shape index (κ2) is 8.28. The summed E-state index contributed by atoms with van der Waals surface area (Å²) < 4.78 is 0. The van der Waals surface area contributed by atoms with Crippen LogP contribution in [0.3, 0.4) is 0 Å². The van der Waals surface area contributed by atoms with Gasteiger partial charge in [0.05, 0.1) is 10.5 Å². The fourth-order valence-corrected chi connectivity index (χ4v) is 3.97. The number of hydrogen-bond donors (Lipinski definition) is 1. The van der Waals surface area contributed by atoms with Gasteiger partial charge in [-0.25, -0.2) is 4.79 Å². The molecule has 138 valence electrons. The number of rotatable bonds is 6. The highest BCUT2D eigenvalue weighted by Crippen LogP contribution is 2.34. The Kier molecular flexibility index (Phi) is 5.82. The van der Waals surface area contributed by atoms with E-state index in [4.69, 9.17) is 5.11 Å². The largest absolute Gasteiger partial charge is 0.478 e. The molecule has 1 fully saturated rings. The van der Waals surface area contributed by atoms with Gasteiger partial charge in [0.25, 0.3) is 5.91 Å². The van der Waals surface area contributed by atoms with Crippen LogP contribution in [0.2, 0.25) is 0 Å². The Labute approximate surface area is 164 Å². The second-order valence-corrected chi connectivity index (χ2v) is 7.52. The number of carbonyl (C=O) groups excluding carboxylic acids is 1. The molecule has 0 saturated carbocycles. The molecular formula is C18H16N4O3S2. The minimum absolute atomic E-state index is 0.179. The number of aliphatic imine (C=N–C) groups is 1. The summed E-state index contributed by atoms with van der Waals surface area (Å²) in [5, 5.41) is 19.0. The van der Waals surface area contributed by atoms with Gasteiger partial charge in [-0.05, 0) is 42.0 Å². The fraction of sp³-hybridized carbons (Fsp3) is 0.167. The maximum absolute atomic E-state index is 12.7. The zero-order valence-corrected chi connectivity index (χ0v) is 16.1. The number of carbonyl (C=O) groups is 2. The Bertz CT molecular complexity index is 948. The highest BCUT2D eigenvalue weighted by atomic mass is 32.2. The predicted molar refractivity (Wildman–Crippen MR) is 107 cm³/mol. The fourth-order valence-electron chi connectivity index (χ4n) is 2.27. The number of nitrogens with zero attached hydrogens (tertiary/aromatic N) is 4. The number of hydrogen-bond acceptors (Lipinski definition) is 7. The summed E-state index contributed by atoms with van der Waals surface area (Å²) in [7, 11) is 0. The van der Waals surface area contributed by atoms with Gasteiger partial charge in [-0.2, -0.15) is 4.99 Å². The molecule has 1 N–H and O–H groups in total. The quantitative estimate of drug-likeness (QED) is 0.588. The third-order valence-corrected chi connectivity index (χ3v) is 5.57. The van der Waals surface area contributed by atoms with Crippen molar-refractivity contribution >= 4 is 51.4 Å². The number of benzene rings is 1. The molecule has 2 heterocycles. The van der Waals surface area contributed by atoms with Crippen molar-refractivity contribution in [2.75, 3.05) is 6.54 Å². The van der Waals surface area contributed by atoms with Gasteiger partial charge in [0.2, 0.25) is 5.13 Å². The monoisotopic (exact) mass is 400 g/mol. The molecule has 2 aromatic rings. The van der Waals surface area contributed by atoms with E-state index in [0.29, 0.717) is 21.7 Å². The van der Waals surface area contributed by atoms with E-state index >= 15 is 0 Å². The lowest BCUT2D eigenvalue weighted by molar-refractivity contribution is -0.121. The van der Waals surface area contributed by atoms with Crippen molar-refractivity contribution in [1.82, 2.24) is 15.1 Å². The molecule has 7 nitrogen and oxygen atoms in total. The van der Waals surface area contributed by atoms with Gasteiger partial charge in [-0.3, -0.25) is 9.69 Å². The molecule has 3 rings (SSSR count). The zero-order chi connectivity index (χ0) is 19.4. The number of carboxylic acid groups (broad SMARTS) is 1. The van der Waals surface area contributed by atoms with E-state index in [2.05, 4.69) is 21.8 Å². The van der Waals surface area contributed by atoms with Crippen molar-refractivity contribution in [3.63, 3.8) is 0 Å². The highest BCUT2D eigenvalue weighted by molar-refractivity contribution is 8.18. The minimum Gasteiger partial charge on any atom is -0.478 e. The summed E-state index contributed by atoms with van der Waals surface area (Å²) in [4.78, 5) is 30.2. The minimum atomic E-state index is -0.990. The Morgan fingerprint density at radius 2 is 2.07 bits per heavy atom. The number of thioether (sulfide) groups is 1. The smallest absolute Gasteiger partial charge is 0.335 e. The highest BCUT2D eigenvalue weighted by Gasteiger charge is 2.32. The van der Waals surface area contributed by atoms with E-state index in [1.807, 2.05) is 6.92 Å². The van der Waals surface area contributed by atoms with E-state index in [-0.39, 0.29) is 11.5 Å². The maximum Gasteiger partial charge on any atom is 0.335 e. The average molecular weight is 400 g/mol. The first-order chi connectivity index (χ1) is 13.0. The lowest BCUT2D eigenvalue weighted by Gasteiger charge is -2.11. The predicted octanol–water partition coefficient (Wildman–Crippen LogP) is 3.59. The van der Waals surface area contributed by atoms with Gasteiger partial charge in [-0.1, -0.05) is 36.5 Å². The van der Waals surface area contributed by atoms with E-state index in [1.54, 1.807) is 24.3 Å². The van der Waals surface area contributed by atoms with Crippen LogP contribution in [0.1, 0.15) is 27.9 Å². The van der Waals surface area contributed by atoms with Gasteiger partial charge in [0, 0.05) is 6.54 Å². The third-order valence-electron chi connectivity index (χ3n) is 3.61. The Hall–Kier alpha value is -2.78. The van der Waals surface area contributed by atoms with Crippen LogP contribution in [-0.2, 0) is 11.2 Å². The molecule has 1 aliphatic heterocycles. The molecule has 1 amide bonds. The topological polar surface area (TPSA) is 95.8 Å². The van der Waals surface area contributed by atoms with E-state index in [0.717, 1.165) is 17.0 Å². The van der Waals surface area contributed by atoms with Crippen LogP contribution >= 0.6 is 23.1 Å². The SMILES string of the molecule is C=CCN1C(=O)C(=Cc2ccc(C(=O)O)cc2)SC1=Nc1nnc(CC)s1. The lowest BCUT2D eigenvalue weighted by Crippen LogP contribution is -2.29. The maximum atomic E-state index is 12.7. The molecule has 1 saturated heterocycles. The van der Waals surface area contributed by atoms with Crippen molar-refractivity contribution in [2.45, 2.75) is 13.3 Å². The van der Waals surface area contributed by atoms with Crippen LogP contribution in [0, 0.1) is 0 Å². The normalized spacial score (nSPS) is 17.1. The van der Waals surface area contributed by atoms with Crippen LogP contribution in [0.25, 0.3) is 6.08 Å². The molecule has 0 aliphatic carbocycles. The first-order valence-corrected chi connectivity index (χ1v) is 9.72. The third kappa shape index (κ3) is 4.32. The average Bonchev–Trinajstić information content (AvgIpc) is 3.22. The van der Waals surface area contributed by atoms with Gasteiger partial charge in [-0.15, -0.1) is 16.8 Å². The molecule has 0 atom stereocenters. The van der Waals surface area contributed by atoms with Gasteiger partial charge in [0.15, 0.2) is 5.17 Å². The Morgan fingerprint density at radius 3 is 2.67 bits per heavy atom. The van der Waals surface area contributed by atoms with Gasteiger partial charge < -0.3 is 5.11 Å². The van der Waals surface area contributed by atoms with Crippen molar-refractivity contribution in [3.8, 4) is 0 Å². The van der Waals surface area contributed by atoms with E-state index in [9.17, 15) is 9.59 Å².